The summed E-state index contributed by atoms with van der Waals surface area (Å²) in [5.41, 5.74) is 1.50. The van der Waals surface area contributed by atoms with Crippen molar-refractivity contribution in [3.8, 4) is 11.8 Å². The highest BCUT2D eigenvalue weighted by atomic mass is 79.9. The molecule has 0 radical (unpaired) electrons. The number of aromatic nitrogens is 1. The fraction of sp³-hybridized carbons (Fsp3) is 0.316. The summed E-state index contributed by atoms with van der Waals surface area (Å²) in [5, 5.41) is 9.62. The molecule has 1 saturated heterocycles. The molecule has 3 rings (SSSR count). The molecular weight excluding hydrogens is 396 g/mol. The molecule has 1 fully saturated rings. The first-order valence-electron chi connectivity index (χ1n) is 8.30. The number of piperazine rings is 1. The Morgan fingerprint density at radius 3 is 2.50 bits per heavy atom. The molecule has 0 N–H and O–H groups in total. The van der Waals surface area contributed by atoms with Crippen LogP contribution in [0.4, 0.5) is 0 Å². The fourth-order valence-corrected chi connectivity index (χ4v) is 3.41. The lowest BCUT2D eigenvalue weighted by Crippen LogP contribution is -2.49. The Balaban J connectivity index is 1.65. The number of pyridine rings is 1. The fourth-order valence-electron chi connectivity index (χ4n) is 3.05. The third-order valence-electron chi connectivity index (χ3n) is 4.47. The average molecular weight is 415 g/mol. The van der Waals surface area contributed by atoms with Crippen LogP contribution in [0.2, 0.25) is 0 Å². The SMILES string of the molecule is COc1ccc(C(C#N)N2CCN(C(=O)c3cncc(Br)c3)CC2)cc1. The first-order chi connectivity index (χ1) is 12.6. The second kappa shape index (κ2) is 8.30. The molecule has 1 aliphatic heterocycles. The summed E-state index contributed by atoms with van der Waals surface area (Å²) in [6.45, 7) is 2.47. The number of halogens is 1. The number of rotatable bonds is 4. The molecule has 134 valence electrons. The van der Waals surface area contributed by atoms with Crippen molar-refractivity contribution in [2.75, 3.05) is 33.3 Å². The van der Waals surface area contributed by atoms with Gasteiger partial charge in [-0.15, -0.1) is 0 Å². The van der Waals surface area contributed by atoms with Crippen LogP contribution < -0.4 is 4.74 Å². The maximum Gasteiger partial charge on any atom is 0.255 e. The lowest BCUT2D eigenvalue weighted by Gasteiger charge is -2.37. The van der Waals surface area contributed by atoms with Crippen LogP contribution in [0.3, 0.4) is 0 Å². The van der Waals surface area contributed by atoms with E-state index in [0.29, 0.717) is 31.7 Å². The zero-order valence-corrected chi connectivity index (χ0v) is 16.0. The summed E-state index contributed by atoms with van der Waals surface area (Å²) < 4.78 is 5.95. The summed E-state index contributed by atoms with van der Waals surface area (Å²) in [7, 11) is 1.62. The number of nitrogens with zero attached hydrogens (tertiary/aromatic N) is 4. The van der Waals surface area contributed by atoms with E-state index in [0.717, 1.165) is 15.8 Å². The van der Waals surface area contributed by atoms with Crippen LogP contribution in [-0.4, -0.2) is 54.0 Å². The van der Waals surface area contributed by atoms with Gasteiger partial charge in [0.25, 0.3) is 5.91 Å². The molecule has 1 unspecified atom stereocenters. The number of carbonyl (C=O) groups is 1. The van der Waals surface area contributed by atoms with Gasteiger partial charge >= 0.3 is 0 Å². The zero-order valence-electron chi connectivity index (χ0n) is 14.4. The van der Waals surface area contributed by atoms with Crippen molar-refractivity contribution in [1.29, 1.82) is 5.26 Å². The van der Waals surface area contributed by atoms with E-state index in [2.05, 4.69) is 31.9 Å². The molecule has 1 aromatic carbocycles. The number of carbonyl (C=O) groups excluding carboxylic acids is 1. The largest absolute Gasteiger partial charge is 0.497 e. The second-order valence-electron chi connectivity index (χ2n) is 6.02. The van der Waals surface area contributed by atoms with Gasteiger partial charge in [0.2, 0.25) is 0 Å². The van der Waals surface area contributed by atoms with E-state index in [4.69, 9.17) is 4.74 Å². The van der Waals surface area contributed by atoms with Gasteiger partial charge in [0, 0.05) is 43.0 Å². The molecule has 0 aliphatic carbocycles. The van der Waals surface area contributed by atoms with Crippen LogP contribution in [0.25, 0.3) is 0 Å². The third-order valence-corrected chi connectivity index (χ3v) is 4.91. The standard InChI is InChI=1S/C19H19BrN4O2/c1-26-17-4-2-14(3-5-17)18(11-21)23-6-8-24(9-7-23)19(25)15-10-16(20)13-22-12-15/h2-5,10,12-13,18H,6-9H2,1H3. The van der Waals surface area contributed by atoms with Crippen molar-refractivity contribution in [2.24, 2.45) is 0 Å². The molecule has 1 aliphatic rings. The Morgan fingerprint density at radius 1 is 1.23 bits per heavy atom. The number of benzene rings is 1. The summed E-state index contributed by atoms with van der Waals surface area (Å²) in [6.07, 6.45) is 3.23. The highest BCUT2D eigenvalue weighted by Gasteiger charge is 2.27. The molecule has 0 spiro atoms. The molecule has 1 amide bonds. The lowest BCUT2D eigenvalue weighted by molar-refractivity contribution is 0.0606. The van der Waals surface area contributed by atoms with E-state index >= 15 is 0 Å². The third kappa shape index (κ3) is 4.03. The average Bonchev–Trinajstić information content (AvgIpc) is 2.69. The maximum absolute atomic E-state index is 12.6. The van der Waals surface area contributed by atoms with Gasteiger partial charge in [-0.05, 0) is 39.7 Å². The summed E-state index contributed by atoms with van der Waals surface area (Å²) in [5.74, 6) is 0.736. The summed E-state index contributed by atoms with van der Waals surface area (Å²) >= 11 is 3.34. The van der Waals surface area contributed by atoms with E-state index in [-0.39, 0.29) is 11.9 Å². The topological polar surface area (TPSA) is 69.5 Å². The smallest absolute Gasteiger partial charge is 0.255 e. The predicted molar refractivity (Wildman–Crippen MR) is 101 cm³/mol. The van der Waals surface area contributed by atoms with Gasteiger partial charge in [0.05, 0.1) is 18.7 Å². The Kier molecular flexibility index (Phi) is 5.86. The van der Waals surface area contributed by atoms with E-state index in [9.17, 15) is 10.1 Å². The number of hydrogen-bond donors (Lipinski definition) is 0. The molecule has 7 heteroatoms. The van der Waals surface area contributed by atoms with Crippen LogP contribution in [0.5, 0.6) is 5.75 Å². The Labute approximate surface area is 161 Å². The van der Waals surface area contributed by atoms with E-state index in [1.165, 1.54) is 0 Å². The molecule has 2 heterocycles. The molecule has 0 saturated carbocycles. The first kappa shape index (κ1) is 18.4. The second-order valence-corrected chi connectivity index (χ2v) is 6.94. The quantitative estimate of drug-likeness (QED) is 0.768. The number of methoxy groups -OCH3 is 1. The Hall–Kier alpha value is -2.43. The highest BCUT2D eigenvalue weighted by molar-refractivity contribution is 9.10. The summed E-state index contributed by atoms with van der Waals surface area (Å²) in [4.78, 5) is 20.6. The van der Waals surface area contributed by atoms with Crippen LogP contribution in [0.15, 0.2) is 47.2 Å². The maximum atomic E-state index is 12.6. The van der Waals surface area contributed by atoms with Crippen molar-refractivity contribution in [2.45, 2.75) is 6.04 Å². The van der Waals surface area contributed by atoms with Gasteiger partial charge in [-0.1, -0.05) is 12.1 Å². The normalized spacial score (nSPS) is 16.0. The van der Waals surface area contributed by atoms with Crippen LogP contribution in [0.1, 0.15) is 22.0 Å². The molecule has 1 atom stereocenters. The van der Waals surface area contributed by atoms with Crippen LogP contribution >= 0.6 is 15.9 Å². The van der Waals surface area contributed by atoms with Crippen LogP contribution in [-0.2, 0) is 0 Å². The van der Waals surface area contributed by atoms with Crippen LogP contribution in [0, 0.1) is 11.3 Å². The number of amides is 1. The minimum absolute atomic E-state index is 0.0311. The molecule has 6 nitrogen and oxygen atoms in total. The van der Waals surface area contributed by atoms with E-state index < -0.39 is 0 Å². The van der Waals surface area contributed by atoms with Crippen molar-refractivity contribution in [3.05, 3.63) is 58.3 Å². The van der Waals surface area contributed by atoms with Gasteiger partial charge in [-0.2, -0.15) is 5.26 Å². The minimum Gasteiger partial charge on any atom is -0.497 e. The van der Waals surface area contributed by atoms with Crippen molar-refractivity contribution >= 4 is 21.8 Å². The molecule has 26 heavy (non-hydrogen) atoms. The molecule has 1 aromatic heterocycles. The van der Waals surface area contributed by atoms with Gasteiger partial charge < -0.3 is 9.64 Å². The monoisotopic (exact) mass is 414 g/mol. The van der Waals surface area contributed by atoms with E-state index in [1.807, 2.05) is 29.2 Å². The van der Waals surface area contributed by atoms with E-state index in [1.54, 1.807) is 25.6 Å². The number of ether oxygens (including phenoxy) is 1. The van der Waals surface area contributed by atoms with Crippen molar-refractivity contribution in [1.82, 2.24) is 14.8 Å². The van der Waals surface area contributed by atoms with Gasteiger partial charge in [0.15, 0.2) is 0 Å². The molecule has 2 aromatic rings. The first-order valence-corrected chi connectivity index (χ1v) is 9.09. The molecule has 0 bridgehead atoms. The van der Waals surface area contributed by atoms with Gasteiger partial charge in [-0.25, -0.2) is 0 Å². The van der Waals surface area contributed by atoms with Gasteiger partial charge in [-0.3, -0.25) is 14.7 Å². The summed E-state index contributed by atoms with van der Waals surface area (Å²) in [6, 6.07) is 11.4. The Bertz CT molecular complexity index is 811. The minimum atomic E-state index is -0.328. The Morgan fingerprint density at radius 2 is 1.92 bits per heavy atom. The van der Waals surface area contributed by atoms with Crippen molar-refractivity contribution < 1.29 is 9.53 Å². The number of hydrogen-bond acceptors (Lipinski definition) is 5. The lowest BCUT2D eigenvalue weighted by atomic mass is 10.1. The highest BCUT2D eigenvalue weighted by Crippen LogP contribution is 2.24. The van der Waals surface area contributed by atoms with Gasteiger partial charge in [0.1, 0.15) is 11.8 Å². The predicted octanol–water partition coefficient (Wildman–Crippen LogP) is 2.88. The number of nitriles is 1. The molecular formula is C19H19BrN4O2. The zero-order chi connectivity index (χ0) is 18.5. The van der Waals surface area contributed by atoms with Crippen molar-refractivity contribution in [3.63, 3.8) is 0 Å².